The molecule has 9 nitrogen and oxygen atoms in total. The normalized spacial score (nSPS) is 19.7. The third-order valence-electron chi connectivity index (χ3n) is 3.89. The lowest BCUT2D eigenvalue weighted by molar-refractivity contribution is -0.154. The number of Topliss-reactive ketones (excluding diaryl/α,β-unsaturated/α-hetero) is 1. The average Bonchev–Trinajstić information content (AvgIpc) is 2.86. The van der Waals surface area contributed by atoms with Gasteiger partial charge in [-0.25, -0.2) is 4.79 Å². The molecule has 0 aromatic carbocycles. The number of rotatable bonds is 9. The van der Waals surface area contributed by atoms with Gasteiger partial charge in [-0.2, -0.15) is 4.79 Å². The smallest absolute Gasteiger partial charge is 0.328 e. The first-order chi connectivity index (χ1) is 12.0. The van der Waals surface area contributed by atoms with E-state index in [1.165, 1.54) is 7.11 Å². The van der Waals surface area contributed by atoms with E-state index in [4.69, 9.17) is 19.7 Å². The highest BCUT2D eigenvalue weighted by Crippen LogP contribution is 2.14. The Balaban J connectivity index is 2.69. The number of hydrogen-bond donors (Lipinski definition) is 1. The van der Waals surface area contributed by atoms with E-state index in [9.17, 15) is 14.4 Å². The van der Waals surface area contributed by atoms with E-state index in [0.29, 0.717) is 26.1 Å². The van der Waals surface area contributed by atoms with Gasteiger partial charge in [0.15, 0.2) is 0 Å². The minimum absolute atomic E-state index is 0.0368. The van der Waals surface area contributed by atoms with E-state index in [1.807, 2.05) is 0 Å². The van der Waals surface area contributed by atoms with Crippen molar-refractivity contribution >= 4 is 23.9 Å². The predicted octanol–water partition coefficient (Wildman–Crippen LogP) is 0.268. The summed E-state index contributed by atoms with van der Waals surface area (Å²) in [6, 6.07) is -0.981. The Bertz CT molecular complexity index is 510. The van der Waals surface area contributed by atoms with Gasteiger partial charge in [-0.3, -0.25) is 9.59 Å². The maximum Gasteiger partial charge on any atom is 0.328 e. The second-order valence-electron chi connectivity index (χ2n) is 5.79. The molecule has 0 radical (unpaired) electrons. The SMILES string of the molecule is CO[C@@H](C)C(=O)N[C@@H](CCC(=O)C=[N+]=[N-])C(=O)O[C@H]1CCCOCC1. The van der Waals surface area contributed by atoms with Crippen LogP contribution in [0.2, 0.25) is 0 Å². The monoisotopic (exact) mass is 355 g/mol. The van der Waals surface area contributed by atoms with Gasteiger partial charge in [0.1, 0.15) is 18.2 Å². The van der Waals surface area contributed by atoms with Gasteiger partial charge in [-0.15, -0.1) is 0 Å². The molecule has 9 heteroatoms. The molecule has 140 valence electrons. The molecule has 0 aliphatic carbocycles. The molecule has 0 aromatic heterocycles. The van der Waals surface area contributed by atoms with Crippen molar-refractivity contribution in [1.29, 1.82) is 0 Å². The first-order valence-electron chi connectivity index (χ1n) is 8.29. The maximum absolute atomic E-state index is 12.4. The zero-order valence-corrected chi connectivity index (χ0v) is 14.6. The molecular weight excluding hydrogens is 330 g/mol. The molecule has 0 aromatic rings. The number of ether oxygens (including phenoxy) is 3. The van der Waals surface area contributed by atoms with Crippen LogP contribution in [0.3, 0.4) is 0 Å². The van der Waals surface area contributed by atoms with Crippen molar-refractivity contribution in [2.24, 2.45) is 0 Å². The lowest BCUT2D eigenvalue weighted by Crippen LogP contribution is -2.47. The summed E-state index contributed by atoms with van der Waals surface area (Å²) < 4.78 is 15.7. The highest BCUT2D eigenvalue weighted by atomic mass is 16.5. The third-order valence-corrected chi connectivity index (χ3v) is 3.89. The van der Waals surface area contributed by atoms with Crippen molar-refractivity contribution in [1.82, 2.24) is 5.32 Å². The average molecular weight is 355 g/mol. The van der Waals surface area contributed by atoms with Crippen molar-refractivity contribution in [2.45, 2.75) is 57.3 Å². The van der Waals surface area contributed by atoms with E-state index in [0.717, 1.165) is 12.6 Å². The van der Waals surface area contributed by atoms with Crippen LogP contribution < -0.4 is 5.32 Å². The van der Waals surface area contributed by atoms with Crippen LogP contribution in [0.25, 0.3) is 5.53 Å². The highest BCUT2D eigenvalue weighted by Gasteiger charge is 2.28. The Kier molecular flexibility index (Phi) is 9.61. The van der Waals surface area contributed by atoms with Crippen molar-refractivity contribution in [3.63, 3.8) is 0 Å². The van der Waals surface area contributed by atoms with Gasteiger partial charge in [0, 0.05) is 26.6 Å². The fourth-order valence-corrected chi connectivity index (χ4v) is 2.30. The number of amides is 1. The first-order valence-corrected chi connectivity index (χ1v) is 8.29. The highest BCUT2D eigenvalue weighted by molar-refractivity contribution is 6.25. The number of hydrogen-bond acceptors (Lipinski definition) is 6. The minimum atomic E-state index is -0.981. The molecule has 3 atom stereocenters. The van der Waals surface area contributed by atoms with E-state index < -0.39 is 29.8 Å². The number of carbonyl (C=O) groups is 3. The quantitative estimate of drug-likeness (QED) is 0.274. The van der Waals surface area contributed by atoms with Crippen LogP contribution in [0.5, 0.6) is 0 Å². The summed E-state index contributed by atoms with van der Waals surface area (Å²) in [7, 11) is 1.38. The molecule has 1 heterocycles. The maximum atomic E-state index is 12.4. The zero-order valence-electron chi connectivity index (χ0n) is 14.6. The molecule has 0 saturated carbocycles. The van der Waals surface area contributed by atoms with Crippen LogP contribution in [0.4, 0.5) is 0 Å². The summed E-state index contributed by atoms with van der Waals surface area (Å²) >= 11 is 0. The number of methoxy groups -OCH3 is 1. The van der Waals surface area contributed by atoms with Crippen LogP contribution in [-0.4, -0.2) is 67.2 Å². The van der Waals surface area contributed by atoms with Crippen LogP contribution in [-0.2, 0) is 28.6 Å². The molecular formula is C16H25N3O6. The first kappa shape index (κ1) is 21.0. The van der Waals surface area contributed by atoms with Gasteiger partial charge in [-0.05, 0) is 26.2 Å². The van der Waals surface area contributed by atoms with Crippen molar-refractivity contribution in [3.8, 4) is 0 Å². The van der Waals surface area contributed by atoms with Gasteiger partial charge >= 0.3 is 12.2 Å². The Morgan fingerprint density at radius 1 is 1.36 bits per heavy atom. The summed E-state index contributed by atoms with van der Waals surface area (Å²) in [5, 5.41) is 2.54. The largest absolute Gasteiger partial charge is 0.461 e. The van der Waals surface area contributed by atoms with Crippen molar-refractivity contribution in [2.75, 3.05) is 20.3 Å². The fourth-order valence-electron chi connectivity index (χ4n) is 2.30. The van der Waals surface area contributed by atoms with E-state index in [1.54, 1.807) is 6.92 Å². The molecule has 1 fully saturated rings. The van der Waals surface area contributed by atoms with E-state index in [2.05, 4.69) is 10.1 Å². The summed E-state index contributed by atoms with van der Waals surface area (Å²) in [6.45, 7) is 2.69. The van der Waals surface area contributed by atoms with Crippen LogP contribution in [0.1, 0.15) is 39.0 Å². The van der Waals surface area contributed by atoms with E-state index >= 15 is 0 Å². The fraction of sp³-hybridized carbons (Fsp3) is 0.750. The molecule has 1 rings (SSSR count). The lowest BCUT2D eigenvalue weighted by Gasteiger charge is -2.22. The molecule has 1 aliphatic heterocycles. The van der Waals surface area contributed by atoms with Gasteiger partial charge in [0.25, 0.3) is 0 Å². The minimum Gasteiger partial charge on any atom is -0.461 e. The molecule has 25 heavy (non-hydrogen) atoms. The summed E-state index contributed by atoms with van der Waals surface area (Å²) in [4.78, 5) is 38.5. The summed E-state index contributed by atoms with van der Waals surface area (Å²) in [6.07, 6.45) is 1.79. The molecule has 1 N–H and O–H groups in total. The molecule has 0 unspecified atom stereocenters. The Hall–Kier alpha value is -2.09. The van der Waals surface area contributed by atoms with E-state index in [-0.39, 0.29) is 18.9 Å². The van der Waals surface area contributed by atoms with Crippen molar-refractivity contribution in [3.05, 3.63) is 5.53 Å². The summed E-state index contributed by atoms with van der Waals surface area (Å²) in [5.41, 5.74) is 8.36. The van der Waals surface area contributed by atoms with Crippen LogP contribution >= 0.6 is 0 Å². The number of carbonyl (C=O) groups excluding carboxylic acids is 3. The molecule has 0 bridgehead atoms. The Morgan fingerprint density at radius 2 is 2.12 bits per heavy atom. The number of nitrogens with zero attached hydrogens (tertiary/aromatic N) is 2. The summed E-state index contributed by atoms with van der Waals surface area (Å²) in [5.74, 6) is -1.54. The van der Waals surface area contributed by atoms with Gasteiger partial charge in [0.05, 0.1) is 6.61 Å². The van der Waals surface area contributed by atoms with Crippen LogP contribution in [0.15, 0.2) is 0 Å². The predicted molar refractivity (Wildman–Crippen MR) is 86.9 cm³/mol. The zero-order chi connectivity index (χ0) is 18.7. The van der Waals surface area contributed by atoms with Crippen LogP contribution in [0, 0.1) is 0 Å². The Labute approximate surface area is 146 Å². The molecule has 1 amide bonds. The van der Waals surface area contributed by atoms with Gasteiger partial charge in [-0.1, -0.05) is 0 Å². The second-order valence-corrected chi connectivity index (χ2v) is 5.79. The Morgan fingerprint density at radius 3 is 2.80 bits per heavy atom. The number of nitrogens with one attached hydrogen (secondary N) is 1. The topological polar surface area (TPSA) is 127 Å². The lowest BCUT2D eigenvalue weighted by atomic mass is 10.1. The van der Waals surface area contributed by atoms with Gasteiger partial charge in [0.2, 0.25) is 11.7 Å². The number of esters is 1. The third kappa shape index (κ3) is 8.02. The van der Waals surface area contributed by atoms with Gasteiger partial charge < -0.3 is 25.1 Å². The standard InChI is InChI=1S/C16H25N3O6/c1-11(23-2)15(21)19-14(6-5-12(20)10-18-17)16(22)25-13-4-3-8-24-9-7-13/h10-11,13-14H,3-9H2,1-2H3,(H,19,21)/t11-,13-,14-/m0/s1. The number of ketones is 1. The van der Waals surface area contributed by atoms with Crippen molar-refractivity contribution < 1.29 is 33.4 Å². The molecule has 0 spiro atoms. The second kappa shape index (κ2) is 11.5. The molecule has 1 saturated heterocycles. The molecule has 1 aliphatic rings.